The topological polar surface area (TPSA) is 34.8 Å². The van der Waals surface area contributed by atoms with Gasteiger partial charge in [-0.15, -0.1) is 0 Å². The van der Waals surface area contributed by atoms with Gasteiger partial charge in [0.1, 0.15) is 23.5 Å². The van der Waals surface area contributed by atoms with Crippen molar-refractivity contribution in [3.05, 3.63) is 121 Å². The third kappa shape index (κ3) is 3.93. The molecule has 0 aliphatic heterocycles. The number of pyridine rings is 1. The Balaban J connectivity index is 1.44. The number of aromatic nitrogens is 3. The first kappa shape index (κ1) is 23.2. The Kier molecular flexibility index (Phi) is 5.41. The highest BCUT2D eigenvalue weighted by Gasteiger charge is 2.23. The summed E-state index contributed by atoms with van der Waals surface area (Å²) < 4.78 is 10.8. The summed E-state index contributed by atoms with van der Waals surface area (Å²) in [7, 11) is 4.15. The van der Waals surface area contributed by atoms with Crippen molar-refractivity contribution in [1.82, 2.24) is 9.55 Å². The van der Waals surface area contributed by atoms with Crippen molar-refractivity contribution in [2.75, 3.05) is 0 Å². The molecule has 4 aromatic carbocycles. The van der Waals surface area contributed by atoms with Crippen molar-refractivity contribution in [1.29, 1.82) is 0 Å². The Hall–Kier alpha value is -4.96. The summed E-state index contributed by atoms with van der Waals surface area (Å²) in [5, 5.41) is 2.23. The number of hydrogen-bond acceptors (Lipinski definition) is 2. The fraction of sp³-hybridized carbons (Fsp3) is 0.0857. The molecule has 0 saturated carbocycles. The van der Waals surface area contributed by atoms with Gasteiger partial charge < -0.3 is 4.42 Å². The molecule has 0 radical (unpaired) electrons. The fourth-order valence-corrected chi connectivity index (χ4v) is 5.55. The number of aryl methyl sites for hydroxylation is 3. The molecule has 7 aromatic rings. The van der Waals surface area contributed by atoms with Gasteiger partial charge in [0.05, 0.1) is 25.5 Å². The minimum Gasteiger partial charge on any atom is -0.455 e. The Morgan fingerprint density at radius 3 is 1.97 bits per heavy atom. The van der Waals surface area contributed by atoms with E-state index in [1.54, 1.807) is 0 Å². The molecule has 0 spiro atoms. The van der Waals surface area contributed by atoms with Crippen LogP contribution in [0.2, 0.25) is 0 Å². The molecule has 0 amide bonds. The minimum atomic E-state index is 0.887. The third-order valence-corrected chi connectivity index (χ3v) is 7.55. The predicted molar refractivity (Wildman–Crippen MR) is 158 cm³/mol. The first-order chi connectivity index (χ1) is 19.1. The van der Waals surface area contributed by atoms with Gasteiger partial charge in [-0.25, -0.2) is 14.1 Å². The van der Waals surface area contributed by atoms with Crippen LogP contribution >= 0.6 is 0 Å². The second-order valence-electron chi connectivity index (χ2n) is 10.1. The maximum atomic E-state index is 6.54. The van der Waals surface area contributed by atoms with Crippen molar-refractivity contribution in [3.63, 3.8) is 0 Å². The van der Waals surface area contributed by atoms with E-state index in [0.717, 1.165) is 67.0 Å². The Bertz CT molecular complexity index is 1900. The van der Waals surface area contributed by atoms with Crippen molar-refractivity contribution in [2.45, 2.75) is 6.92 Å². The summed E-state index contributed by atoms with van der Waals surface area (Å²) in [5.41, 5.74) is 10.5. The zero-order valence-corrected chi connectivity index (χ0v) is 22.2. The van der Waals surface area contributed by atoms with Crippen LogP contribution in [0.25, 0.3) is 67.0 Å². The fourth-order valence-electron chi connectivity index (χ4n) is 5.55. The van der Waals surface area contributed by atoms with Gasteiger partial charge in [-0.2, -0.15) is 0 Å². The van der Waals surface area contributed by atoms with E-state index in [1.165, 1.54) is 5.56 Å². The summed E-state index contributed by atoms with van der Waals surface area (Å²) in [6, 6.07) is 36.0. The molecule has 0 atom stereocenters. The second kappa shape index (κ2) is 9.10. The zero-order valence-electron chi connectivity index (χ0n) is 22.2. The molecule has 4 nitrogen and oxygen atoms in total. The minimum absolute atomic E-state index is 0.887. The third-order valence-electron chi connectivity index (χ3n) is 7.55. The number of fused-ring (bicyclic) bond motifs is 3. The summed E-state index contributed by atoms with van der Waals surface area (Å²) in [6.45, 7) is 2.15. The molecule has 7 rings (SSSR count). The quantitative estimate of drug-likeness (QED) is 0.226. The van der Waals surface area contributed by atoms with Crippen molar-refractivity contribution < 1.29 is 8.98 Å². The van der Waals surface area contributed by atoms with E-state index in [4.69, 9.17) is 9.40 Å². The standard InChI is InChI=1S/C35H28N3O/c1-23-14-16-28-29-20-26(15-17-32(29)39-34(28)33(23)35-37(2)18-19-38(35)3)27-21-30(24-10-6-4-7-11-24)36-31(22-27)25-12-8-5-9-13-25/h4-22H,1-3H3/q+1. The van der Waals surface area contributed by atoms with E-state index in [1.807, 2.05) is 12.1 Å². The Morgan fingerprint density at radius 1 is 0.692 bits per heavy atom. The molecule has 39 heavy (non-hydrogen) atoms. The number of hydrogen-bond donors (Lipinski definition) is 0. The van der Waals surface area contributed by atoms with Crippen molar-refractivity contribution in [3.8, 4) is 45.0 Å². The summed E-state index contributed by atoms with van der Waals surface area (Å²) >= 11 is 0. The average molecular weight is 507 g/mol. The van der Waals surface area contributed by atoms with Crippen LogP contribution in [-0.4, -0.2) is 9.55 Å². The predicted octanol–water partition coefficient (Wildman–Crippen LogP) is 8.12. The molecule has 3 aromatic heterocycles. The first-order valence-electron chi connectivity index (χ1n) is 13.2. The molecule has 0 fully saturated rings. The van der Waals surface area contributed by atoms with Gasteiger partial charge in [0.2, 0.25) is 0 Å². The SMILES string of the molecule is Cc1ccc2c(oc3ccc(-c4cc(-c5ccccc5)nc(-c5ccccc5)c4)cc32)c1-c1n(C)cc[n+]1C. The van der Waals surface area contributed by atoms with E-state index in [0.29, 0.717) is 0 Å². The molecular weight excluding hydrogens is 478 g/mol. The maximum Gasteiger partial charge on any atom is 0.292 e. The van der Waals surface area contributed by atoms with Crippen LogP contribution in [0.1, 0.15) is 5.56 Å². The van der Waals surface area contributed by atoms with Crippen LogP contribution in [0.3, 0.4) is 0 Å². The largest absolute Gasteiger partial charge is 0.455 e. The van der Waals surface area contributed by atoms with Gasteiger partial charge in [-0.05, 0) is 47.9 Å². The first-order valence-corrected chi connectivity index (χ1v) is 13.2. The van der Waals surface area contributed by atoms with E-state index < -0.39 is 0 Å². The molecule has 3 heterocycles. The van der Waals surface area contributed by atoms with Crippen molar-refractivity contribution in [2.24, 2.45) is 14.1 Å². The van der Waals surface area contributed by atoms with E-state index in [2.05, 4.69) is 134 Å². The highest BCUT2D eigenvalue weighted by Crippen LogP contribution is 2.39. The summed E-state index contributed by atoms with van der Waals surface area (Å²) in [5.74, 6) is 1.12. The Morgan fingerprint density at radius 2 is 1.36 bits per heavy atom. The number of benzene rings is 4. The van der Waals surface area contributed by atoms with E-state index in [-0.39, 0.29) is 0 Å². The number of furan rings is 1. The van der Waals surface area contributed by atoms with Crippen LogP contribution in [0.4, 0.5) is 0 Å². The van der Waals surface area contributed by atoms with Crippen LogP contribution in [0, 0.1) is 6.92 Å². The molecule has 0 saturated heterocycles. The van der Waals surface area contributed by atoms with Crippen LogP contribution < -0.4 is 4.57 Å². The summed E-state index contributed by atoms with van der Waals surface area (Å²) in [6.07, 6.45) is 4.15. The maximum absolute atomic E-state index is 6.54. The molecular formula is C35H28N3O+. The normalized spacial score (nSPS) is 11.5. The van der Waals surface area contributed by atoms with Gasteiger partial charge >= 0.3 is 0 Å². The molecule has 188 valence electrons. The Labute approximate surface area is 227 Å². The average Bonchev–Trinajstić information content (AvgIpc) is 3.52. The van der Waals surface area contributed by atoms with Crippen LogP contribution in [0.15, 0.2) is 120 Å². The zero-order chi connectivity index (χ0) is 26.5. The van der Waals surface area contributed by atoms with Crippen molar-refractivity contribution >= 4 is 21.9 Å². The lowest BCUT2D eigenvalue weighted by Crippen LogP contribution is -2.29. The monoisotopic (exact) mass is 506 g/mol. The van der Waals surface area contributed by atoms with Gasteiger partial charge in [0, 0.05) is 21.9 Å². The molecule has 0 aliphatic carbocycles. The highest BCUT2D eigenvalue weighted by atomic mass is 16.3. The number of rotatable bonds is 4. The smallest absolute Gasteiger partial charge is 0.292 e. The van der Waals surface area contributed by atoms with E-state index >= 15 is 0 Å². The lowest BCUT2D eigenvalue weighted by atomic mass is 9.98. The molecule has 4 heteroatoms. The number of imidazole rings is 1. The van der Waals surface area contributed by atoms with Crippen LogP contribution in [-0.2, 0) is 14.1 Å². The molecule has 0 bridgehead atoms. The molecule has 0 aliphatic rings. The lowest BCUT2D eigenvalue weighted by molar-refractivity contribution is -0.659. The highest BCUT2D eigenvalue weighted by molar-refractivity contribution is 6.10. The van der Waals surface area contributed by atoms with Gasteiger partial charge in [-0.3, -0.25) is 0 Å². The lowest BCUT2D eigenvalue weighted by Gasteiger charge is -2.10. The molecule has 0 unspecified atom stereocenters. The second-order valence-corrected chi connectivity index (χ2v) is 10.1. The van der Waals surface area contributed by atoms with E-state index in [9.17, 15) is 0 Å². The summed E-state index contributed by atoms with van der Waals surface area (Å²) in [4.78, 5) is 5.04. The van der Waals surface area contributed by atoms with Gasteiger partial charge in [0.25, 0.3) is 5.82 Å². The number of nitrogens with zero attached hydrogens (tertiary/aromatic N) is 3. The molecule has 0 N–H and O–H groups in total. The van der Waals surface area contributed by atoms with Crippen LogP contribution in [0.5, 0.6) is 0 Å². The van der Waals surface area contributed by atoms with Gasteiger partial charge in [0.15, 0.2) is 5.58 Å². The van der Waals surface area contributed by atoms with Gasteiger partial charge in [-0.1, -0.05) is 78.9 Å².